The fraction of sp³-hybridized carbons (Fsp3) is 0.400. The summed E-state index contributed by atoms with van der Waals surface area (Å²) in [6, 6.07) is 6.77. The Balaban J connectivity index is 2.73. The van der Waals surface area contributed by atoms with Gasteiger partial charge in [0.2, 0.25) is 0 Å². The highest BCUT2D eigenvalue weighted by molar-refractivity contribution is 7.91. The van der Waals surface area contributed by atoms with Crippen molar-refractivity contribution in [2.75, 3.05) is 18.4 Å². The van der Waals surface area contributed by atoms with Gasteiger partial charge in [0, 0.05) is 0 Å². The number of sulfone groups is 1. The van der Waals surface area contributed by atoms with Gasteiger partial charge < -0.3 is 4.74 Å². The lowest BCUT2D eigenvalue weighted by Crippen LogP contribution is -2.12. The standard InChI is InChI=1S/C10H13ClO3S/c1-9-2-4-10(5-3-9)15(12,13)7-6-14-8-11/h2-5H,6-8H2,1H3. The molecule has 5 heteroatoms. The van der Waals surface area contributed by atoms with Crippen molar-refractivity contribution in [3.05, 3.63) is 29.8 Å². The molecule has 84 valence electrons. The summed E-state index contributed by atoms with van der Waals surface area (Å²) in [5, 5.41) is 0. The van der Waals surface area contributed by atoms with E-state index in [4.69, 9.17) is 16.3 Å². The highest BCUT2D eigenvalue weighted by Crippen LogP contribution is 2.11. The Morgan fingerprint density at radius 3 is 2.40 bits per heavy atom. The fourth-order valence-corrected chi connectivity index (χ4v) is 2.32. The van der Waals surface area contributed by atoms with Gasteiger partial charge in [-0.15, -0.1) is 0 Å². The molecule has 1 aromatic carbocycles. The van der Waals surface area contributed by atoms with E-state index in [0.717, 1.165) is 5.56 Å². The molecule has 0 heterocycles. The van der Waals surface area contributed by atoms with E-state index < -0.39 is 9.84 Å². The lowest BCUT2D eigenvalue weighted by atomic mass is 10.2. The fourth-order valence-electron chi connectivity index (χ4n) is 1.09. The van der Waals surface area contributed by atoms with E-state index in [1.165, 1.54) is 0 Å². The molecular weight excluding hydrogens is 236 g/mol. The lowest BCUT2D eigenvalue weighted by Gasteiger charge is -2.04. The molecule has 1 aromatic rings. The van der Waals surface area contributed by atoms with Gasteiger partial charge in [0.25, 0.3) is 0 Å². The first-order valence-corrected chi connectivity index (χ1v) is 6.68. The van der Waals surface area contributed by atoms with Crippen molar-refractivity contribution in [3.8, 4) is 0 Å². The SMILES string of the molecule is Cc1ccc(S(=O)(=O)CCOCCl)cc1. The summed E-state index contributed by atoms with van der Waals surface area (Å²) in [5.41, 5.74) is 1.03. The van der Waals surface area contributed by atoms with Gasteiger partial charge in [-0.05, 0) is 19.1 Å². The molecule has 0 N–H and O–H groups in total. The summed E-state index contributed by atoms with van der Waals surface area (Å²) < 4.78 is 28.2. The van der Waals surface area contributed by atoms with Gasteiger partial charge >= 0.3 is 0 Å². The summed E-state index contributed by atoms with van der Waals surface area (Å²) >= 11 is 5.28. The Bertz CT molecular complexity index is 397. The van der Waals surface area contributed by atoms with Crippen LogP contribution >= 0.6 is 11.6 Å². The van der Waals surface area contributed by atoms with Crippen molar-refractivity contribution >= 4 is 21.4 Å². The minimum Gasteiger partial charge on any atom is -0.365 e. The number of benzene rings is 1. The first-order valence-electron chi connectivity index (χ1n) is 4.49. The minimum absolute atomic E-state index is 0.0173. The van der Waals surface area contributed by atoms with E-state index in [-0.39, 0.29) is 18.4 Å². The van der Waals surface area contributed by atoms with Crippen LogP contribution in [0.15, 0.2) is 29.2 Å². The van der Waals surface area contributed by atoms with E-state index in [9.17, 15) is 8.42 Å². The predicted octanol–water partition coefficient (Wildman–Crippen LogP) is 1.98. The van der Waals surface area contributed by atoms with Gasteiger partial charge in [0.1, 0.15) is 6.07 Å². The van der Waals surface area contributed by atoms with Crippen LogP contribution in [0, 0.1) is 6.92 Å². The molecule has 0 bridgehead atoms. The Hall–Kier alpha value is -0.580. The largest absolute Gasteiger partial charge is 0.365 e. The number of rotatable bonds is 5. The average molecular weight is 249 g/mol. The smallest absolute Gasteiger partial charge is 0.180 e. The van der Waals surface area contributed by atoms with Crippen LogP contribution in [0.5, 0.6) is 0 Å². The average Bonchev–Trinajstić information content (AvgIpc) is 2.18. The highest BCUT2D eigenvalue weighted by atomic mass is 35.5. The van der Waals surface area contributed by atoms with Crippen molar-refractivity contribution in [1.82, 2.24) is 0 Å². The Kier molecular flexibility index (Phi) is 4.57. The zero-order valence-corrected chi connectivity index (χ0v) is 10.0. The summed E-state index contributed by atoms with van der Waals surface area (Å²) in [6.07, 6.45) is 0. The van der Waals surface area contributed by atoms with Crippen LogP contribution in [0.2, 0.25) is 0 Å². The Morgan fingerprint density at radius 2 is 1.87 bits per heavy atom. The molecule has 0 aliphatic rings. The number of hydrogen-bond acceptors (Lipinski definition) is 3. The number of ether oxygens (including phenoxy) is 1. The molecule has 0 unspecified atom stereocenters. The Labute approximate surface area is 94.9 Å². The van der Waals surface area contributed by atoms with Crippen LogP contribution in [0.3, 0.4) is 0 Å². The zero-order valence-electron chi connectivity index (χ0n) is 8.44. The van der Waals surface area contributed by atoms with Crippen LogP contribution in [0.1, 0.15) is 5.56 Å². The molecule has 0 aliphatic carbocycles. The van der Waals surface area contributed by atoms with Crippen molar-refractivity contribution in [2.24, 2.45) is 0 Å². The molecule has 3 nitrogen and oxygen atoms in total. The van der Waals surface area contributed by atoms with E-state index in [2.05, 4.69) is 0 Å². The minimum atomic E-state index is -3.23. The maximum absolute atomic E-state index is 11.7. The van der Waals surface area contributed by atoms with Crippen LogP contribution in [0.4, 0.5) is 0 Å². The second-order valence-corrected chi connectivity index (χ2v) is 5.48. The van der Waals surface area contributed by atoms with Crippen LogP contribution in [0.25, 0.3) is 0 Å². The van der Waals surface area contributed by atoms with Gasteiger partial charge in [0.15, 0.2) is 9.84 Å². The highest BCUT2D eigenvalue weighted by Gasteiger charge is 2.13. The van der Waals surface area contributed by atoms with Crippen molar-refractivity contribution in [1.29, 1.82) is 0 Å². The topological polar surface area (TPSA) is 43.4 Å². The van der Waals surface area contributed by atoms with Crippen molar-refractivity contribution in [2.45, 2.75) is 11.8 Å². The molecule has 0 atom stereocenters. The Morgan fingerprint density at radius 1 is 1.27 bits per heavy atom. The van der Waals surface area contributed by atoms with E-state index >= 15 is 0 Å². The summed E-state index contributed by atoms with van der Waals surface area (Å²) in [6.45, 7) is 2.03. The van der Waals surface area contributed by atoms with Crippen molar-refractivity contribution < 1.29 is 13.2 Å². The molecule has 0 aromatic heterocycles. The van der Waals surface area contributed by atoms with E-state index in [1.807, 2.05) is 6.92 Å². The van der Waals surface area contributed by atoms with Crippen LogP contribution in [-0.2, 0) is 14.6 Å². The third-order valence-corrected chi connectivity index (χ3v) is 3.80. The van der Waals surface area contributed by atoms with Gasteiger partial charge in [-0.2, -0.15) is 0 Å². The maximum Gasteiger partial charge on any atom is 0.180 e. The quantitative estimate of drug-likeness (QED) is 0.591. The number of alkyl halides is 1. The summed E-state index contributed by atoms with van der Waals surface area (Å²) in [7, 11) is -3.23. The maximum atomic E-state index is 11.7. The van der Waals surface area contributed by atoms with Crippen LogP contribution in [-0.4, -0.2) is 26.8 Å². The molecule has 0 radical (unpaired) electrons. The van der Waals surface area contributed by atoms with Gasteiger partial charge in [0.05, 0.1) is 17.3 Å². The normalized spacial score (nSPS) is 11.6. The lowest BCUT2D eigenvalue weighted by molar-refractivity contribution is 0.197. The molecule has 15 heavy (non-hydrogen) atoms. The van der Waals surface area contributed by atoms with Gasteiger partial charge in [-0.1, -0.05) is 29.3 Å². The molecule has 0 fully saturated rings. The molecule has 0 amide bonds. The first-order chi connectivity index (χ1) is 7.06. The third-order valence-electron chi connectivity index (χ3n) is 1.95. The third kappa shape index (κ3) is 3.81. The molecule has 0 aliphatic heterocycles. The van der Waals surface area contributed by atoms with Gasteiger partial charge in [-0.3, -0.25) is 0 Å². The zero-order chi connectivity index (χ0) is 11.3. The molecule has 0 saturated heterocycles. The monoisotopic (exact) mass is 248 g/mol. The molecule has 0 saturated carbocycles. The second-order valence-electron chi connectivity index (χ2n) is 3.15. The molecule has 0 spiro atoms. The van der Waals surface area contributed by atoms with Crippen LogP contribution < -0.4 is 0 Å². The number of halogens is 1. The van der Waals surface area contributed by atoms with E-state index in [0.29, 0.717) is 4.90 Å². The number of hydrogen-bond donors (Lipinski definition) is 0. The molecular formula is C10H13ClO3S. The first kappa shape index (κ1) is 12.5. The summed E-state index contributed by atoms with van der Waals surface area (Å²) in [4.78, 5) is 0.325. The molecule has 1 rings (SSSR count). The number of aryl methyl sites for hydroxylation is 1. The van der Waals surface area contributed by atoms with Crippen molar-refractivity contribution in [3.63, 3.8) is 0 Å². The summed E-state index contributed by atoms with van der Waals surface area (Å²) in [5.74, 6) is -0.0389. The van der Waals surface area contributed by atoms with Gasteiger partial charge in [-0.25, -0.2) is 8.42 Å². The van der Waals surface area contributed by atoms with E-state index in [1.54, 1.807) is 24.3 Å². The predicted molar refractivity (Wildman–Crippen MR) is 59.9 cm³/mol. The second kappa shape index (κ2) is 5.49.